The van der Waals surface area contributed by atoms with E-state index >= 15 is 0 Å². The number of fused-ring (bicyclic) bond motifs is 6. The molecule has 6 aromatic rings. The molecule has 20 nitrogen and oxygen atoms in total. The van der Waals surface area contributed by atoms with Crippen molar-refractivity contribution < 1.29 is 158 Å². The smallest absolute Gasteiger partial charge is 0.416 e. The summed E-state index contributed by atoms with van der Waals surface area (Å²) in [4.78, 5) is 101. The summed E-state index contributed by atoms with van der Waals surface area (Å²) in [5.41, 5.74) is -8.66. The number of aliphatic carboxylic acids is 1. The molecule has 4 fully saturated rings. The SMILES string of the molecule is CC(C)N1Cc2c(cc(C(F)(F)C(=O)O)cc2C(F)(F)F)C1=O.CC(C)N1Cc2c(cc(C(F)(F)CO)cc2C(F)(F)F)C1=O.CC(C)N1Cc2c(cc(CN3CCC(F)CC3)cc2C(F)(F)F)C1=O.CC(C)N1Cc2c(cc(N(C)C3CNCC3F)cc2C(F)(F)F)C1=O.CC(c1cc2c(c(C(F)(F)F)c1)CN(C(C)C)C2=O)N1CCC(C)(F)CC1.CCC(c1cc2c(c(C(F)(F)F)c1)CN(C(C)C)C2=O)N1CCC(F)C1. The van der Waals surface area contributed by atoms with E-state index in [1.54, 1.807) is 115 Å². The van der Waals surface area contributed by atoms with Gasteiger partial charge in [0.25, 0.3) is 41.4 Å². The predicted molar refractivity (Wildman–Crippen MR) is 493 cm³/mol. The lowest BCUT2D eigenvalue weighted by Gasteiger charge is -2.38. The van der Waals surface area contributed by atoms with E-state index in [0.29, 0.717) is 113 Å². The molecule has 6 aromatic carbocycles. The Balaban J connectivity index is 0.000000169. The number of carboxylic acids is 1. The maximum atomic E-state index is 14.1. The Hall–Kier alpha value is -10.6. The van der Waals surface area contributed by atoms with E-state index in [2.05, 4.69) is 5.32 Å². The molecule has 148 heavy (non-hydrogen) atoms. The van der Waals surface area contributed by atoms with Crippen LogP contribution in [0.15, 0.2) is 72.8 Å². The van der Waals surface area contributed by atoms with Crippen molar-refractivity contribution in [1.29, 1.82) is 0 Å². The molecule has 6 amide bonds. The highest BCUT2D eigenvalue weighted by Crippen LogP contribution is 2.50. The van der Waals surface area contributed by atoms with E-state index in [4.69, 9.17) is 10.2 Å². The van der Waals surface area contributed by atoms with Crippen LogP contribution in [0, 0.1) is 0 Å². The number of benzene rings is 6. The molecule has 4 saturated heterocycles. The number of likely N-dealkylation sites (N-methyl/N-ethyl adjacent to an activating group) is 1. The molecule has 46 heteroatoms. The first-order valence-electron chi connectivity index (χ1n) is 48.3. The number of hydrogen-bond acceptors (Lipinski definition) is 13. The second-order valence-corrected chi connectivity index (χ2v) is 40.6. The summed E-state index contributed by atoms with van der Waals surface area (Å²) >= 11 is 0. The maximum Gasteiger partial charge on any atom is 0.416 e. The van der Waals surface area contributed by atoms with Gasteiger partial charge in [0.2, 0.25) is 0 Å². The number of piperidine rings is 2. The van der Waals surface area contributed by atoms with Gasteiger partial charge in [-0.3, -0.25) is 43.5 Å². The molecule has 0 spiro atoms. The van der Waals surface area contributed by atoms with E-state index in [1.165, 1.54) is 41.5 Å². The van der Waals surface area contributed by atoms with Crippen LogP contribution in [0.1, 0.15) is 311 Å². The molecule has 10 aliphatic heterocycles. The van der Waals surface area contributed by atoms with Gasteiger partial charge in [-0.25, -0.2) is 22.4 Å². The van der Waals surface area contributed by atoms with Crippen molar-refractivity contribution in [1.82, 2.24) is 49.4 Å². The van der Waals surface area contributed by atoms with Gasteiger partial charge in [0.1, 0.15) is 30.8 Å². The highest BCUT2D eigenvalue weighted by molar-refractivity contribution is 6.03. The van der Waals surface area contributed by atoms with Crippen LogP contribution in [0.25, 0.3) is 0 Å². The van der Waals surface area contributed by atoms with Crippen molar-refractivity contribution in [2.24, 2.45) is 0 Å². The minimum absolute atomic E-state index is 0.00435. The van der Waals surface area contributed by atoms with Crippen LogP contribution in [-0.2, 0) is 99.5 Å². The molecule has 10 heterocycles. The number of aliphatic hydroxyl groups excluding tert-OH is 1. The number of carbonyl (C=O) groups is 7. The molecular weight excluding hydrogens is 2020 g/mol. The third-order valence-corrected chi connectivity index (χ3v) is 28.5. The largest absolute Gasteiger partial charge is 0.477 e. The average Bonchev–Trinajstić information content (AvgIpc) is 1.62. The van der Waals surface area contributed by atoms with Crippen molar-refractivity contribution in [3.05, 3.63) is 201 Å². The first kappa shape index (κ1) is 118. The zero-order valence-corrected chi connectivity index (χ0v) is 84.0. The number of carboxylic acid groups (broad SMARTS) is 1. The molecule has 5 atom stereocenters. The van der Waals surface area contributed by atoms with Crippen molar-refractivity contribution in [3.63, 3.8) is 0 Å². The summed E-state index contributed by atoms with van der Waals surface area (Å²) in [5, 5.41) is 20.1. The standard InChI is InChI=1S/C20H26F4N2O.C19H24F4N2O.C18H22F4N2O.C17H21F4N3O.C14H12F5NO3.C14H14F5NO2/c1-12(2)26-11-16-15(18(26)27)9-14(10-17(16)20(22,23)24)13(3)25-7-5-19(4,21)6-8-25;1-4-17(24-6-5-13(20)9-24)12-7-14-15(16(8-12)19(21,22)23)10-25(11(2)3)18(14)26;1-11(2)24-10-15-14(17(24)25)7-12(8-16(15)18(20,21)22)9-23-5-3-13(19)4-6-23;1-9(2)24-8-12-11(16(24)25)4-10(5-13(12)17(19,20)21)23(3)15-7-22-6-14(15)18;1-6(2)20-5-9-8(11(20)21)3-7(13(15,16)12(22)23)4-10(9)14(17,18)19;1-7(2)20-5-10-9(12(20)22)3-8(13(15,16)6-21)4-11(10)14(17,18)19/h9-10,12-13H,5-8,11H2,1-4H3;7-8,11,13,17H,4-6,9-10H2,1-3H3;7-8,11,13H,3-6,9-10H2,1-2H3;4-5,9,14-15,22H,6-8H2,1-3H3;3-4,6H,5H2,1-2H3,(H,22,23);3-4,7,21H,5-6H2,1-2H3. The first-order valence-corrected chi connectivity index (χ1v) is 48.3. The second-order valence-electron chi connectivity index (χ2n) is 40.6. The highest BCUT2D eigenvalue weighted by atomic mass is 19.4. The minimum Gasteiger partial charge on any atom is -0.477 e. The molecule has 3 N–H and O–H groups in total. The monoisotopic (exact) mass is 2140 g/mol. The van der Waals surface area contributed by atoms with E-state index in [0.717, 1.165) is 29.2 Å². The Bertz CT molecular complexity index is 5900. The van der Waals surface area contributed by atoms with Crippen LogP contribution in [0.3, 0.4) is 0 Å². The van der Waals surface area contributed by atoms with Crippen LogP contribution < -0.4 is 10.2 Å². The van der Waals surface area contributed by atoms with Crippen molar-refractivity contribution in [3.8, 4) is 0 Å². The summed E-state index contributed by atoms with van der Waals surface area (Å²) in [6, 6.07) is 9.75. The molecular formula is C102H119F26N11O9. The zero-order chi connectivity index (χ0) is 111. The molecule has 0 aromatic heterocycles. The Morgan fingerprint density at radius 2 is 0.736 bits per heavy atom. The lowest BCUT2D eigenvalue weighted by atomic mass is 9.91. The van der Waals surface area contributed by atoms with Gasteiger partial charge in [-0.1, -0.05) is 6.92 Å². The summed E-state index contributed by atoms with van der Waals surface area (Å²) < 4.78 is 351. The number of halogens is 26. The number of amides is 6. The maximum absolute atomic E-state index is 14.1. The Morgan fingerprint density at radius 1 is 0.412 bits per heavy atom. The zero-order valence-electron chi connectivity index (χ0n) is 84.0. The second kappa shape index (κ2) is 44.4. The van der Waals surface area contributed by atoms with Crippen molar-refractivity contribution in [2.45, 2.75) is 316 Å². The van der Waals surface area contributed by atoms with Crippen LogP contribution >= 0.6 is 0 Å². The molecule has 0 bridgehead atoms. The summed E-state index contributed by atoms with van der Waals surface area (Å²) in [6.07, 6.45) is -28.4. The molecule has 0 radical (unpaired) electrons. The van der Waals surface area contributed by atoms with Gasteiger partial charge in [-0.15, -0.1) is 0 Å². The number of carbonyl (C=O) groups excluding carboxylic acids is 6. The van der Waals surface area contributed by atoms with Gasteiger partial charge >= 0.3 is 48.9 Å². The van der Waals surface area contributed by atoms with Crippen LogP contribution in [-0.4, -0.2) is 228 Å². The summed E-state index contributed by atoms with van der Waals surface area (Å²) in [5.74, 6) is -14.0. The average molecular weight is 2140 g/mol. The summed E-state index contributed by atoms with van der Waals surface area (Å²) in [6.45, 7) is 27.2. The fraction of sp³-hybridized carbons (Fsp3) is 0.578. The number of rotatable bonds is 19. The molecule has 10 aliphatic rings. The lowest BCUT2D eigenvalue weighted by Crippen LogP contribution is -2.41. The normalized spacial score (nSPS) is 19.9. The van der Waals surface area contributed by atoms with E-state index < -0.39 is 171 Å². The Morgan fingerprint density at radius 3 is 1.07 bits per heavy atom. The van der Waals surface area contributed by atoms with Crippen molar-refractivity contribution in [2.75, 3.05) is 70.9 Å². The number of anilines is 1. The fourth-order valence-corrected chi connectivity index (χ4v) is 19.9. The van der Waals surface area contributed by atoms with E-state index in [1.807, 2.05) is 28.5 Å². The van der Waals surface area contributed by atoms with Crippen molar-refractivity contribution >= 4 is 47.1 Å². The van der Waals surface area contributed by atoms with Gasteiger partial charge in [0.05, 0.1) is 39.4 Å². The van der Waals surface area contributed by atoms with Crippen LogP contribution in [0.2, 0.25) is 0 Å². The molecule has 0 aliphatic carbocycles. The van der Waals surface area contributed by atoms with Gasteiger partial charge in [0, 0.05) is 204 Å². The fourth-order valence-electron chi connectivity index (χ4n) is 19.9. The summed E-state index contributed by atoms with van der Waals surface area (Å²) in [7, 11) is 1.56. The predicted octanol–water partition coefficient (Wildman–Crippen LogP) is 22.7. The lowest BCUT2D eigenvalue weighted by molar-refractivity contribution is -0.166. The third-order valence-electron chi connectivity index (χ3n) is 28.5. The molecule has 818 valence electrons. The molecule has 16 rings (SSSR count). The van der Waals surface area contributed by atoms with Gasteiger partial charge in [-0.2, -0.15) is 96.6 Å². The number of likely N-dealkylation sites (tertiary alicyclic amines) is 3. The Kier molecular flexibility index (Phi) is 35.3. The van der Waals surface area contributed by atoms with Gasteiger partial charge in [0.15, 0.2) is 0 Å². The minimum atomic E-state index is -4.98. The quantitative estimate of drug-likeness (QED) is 0.0646. The first-order chi connectivity index (χ1) is 68.2. The van der Waals surface area contributed by atoms with Gasteiger partial charge < -0.3 is 49.8 Å². The van der Waals surface area contributed by atoms with E-state index in [-0.39, 0.29) is 180 Å². The number of alkyl halides is 26. The van der Waals surface area contributed by atoms with Crippen LogP contribution in [0.5, 0.6) is 0 Å². The van der Waals surface area contributed by atoms with E-state index in [9.17, 15) is 148 Å². The number of aliphatic hydroxyl groups is 1. The van der Waals surface area contributed by atoms with Crippen LogP contribution in [0.4, 0.5) is 120 Å². The number of hydrogen-bond donors (Lipinski definition) is 3. The third kappa shape index (κ3) is 25.5. The Labute approximate surface area is 838 Å². The number of nitrogens with one attached hydrogen (secondary N) is 1. The molecule has 5 unspecified atom stereocenters. The highest BCUT2D eigenvalue weighted by Gasteiger charge is 2.52. The van der Waals surface area contributed by atoms with Gasteiger partial charge in [-0.05, 0) is 258 Å². The molecule has 0 saturated carbocycles. The number of nitrogens with zero attached hydrogens (tertiary/aromatic N) is 10. The topological polar surface area (TPSA) is 204 Å².